The molecule has 1 aromatic heterocycles. The van der Waals surface area contributed by atoms with E-state index in [2.05, 4.69) is 4.98 Å². The van der Waals surface area contributed by atoms with Crippen LogP contribution in [0.4, 0.5) is 0 Å². The van der Waals surface area contributed by atoms with Crippen molar-refractivity contribution in [2.45, 2.75) is 11.8 Å². The first-order valence-corrected chi connectivity index (χ1v) is 7.07. The van der Waals surface area contributed by atoms with Crippen LogP contribution in [-0.2, 0) is 4.74 Å². The van der Waals surface area contributed by atoms with Gasteiger partial charge >= 0.3 is 5.97 Å². The minimum atomic E-state index is -0.438. The molecule has 3 nitrogen and oxygen atoms in total. The number of hydrogen-bond acceptors (Lipinski definition) is 4. The van der Waals surface area contributed by atoms with Crippen LogP contribution in [-0.4, -0.2) is 23.8 Å². The smallest absolute Gasteiger partial charge is 0.341 e. The molecule has 0 saturated heterocycles. The number of carbonyl (C=O) groups is 1. The number of pyridine rings is 1. The predicted molar refractivity (Wildman–Crippen MR) is 74.5 cm³/mol. The second kappa shape index (κ2) is 5.59. The van der Waals surface area contributed by atoms with Crippen molar-refractivity contribution >= 4 is 40.2 Å². The van der Waals surface area contributed by atoms with Crippen molar-refractivity contribution in [3.8, 4) is 0 Å². The molecule has 18 heavy (non-hydrogen) atoms. The first-order chi connectivity index (χ1) is 8.69. The molecule has 1 heterocycles. The number of halogens is 1. The summed E-state index contributed by atoms with van der Waals surface area (Å²) in [5.41, 5.74) is 1.12. The van der Waals surface area contributed by atoms with E-state index < -0.39 is 5.97 Å². The Kier molecular flexibility index (Phi) is 4.09. The van der Waals surface area contributed by atoms with Crippen molar-refractivity contribution in [1.82, 2.24) is 4.98 Å². The summed E-state index contributed by atoms with van der Waals surface area (Å²) >= 11 is 7.85. The van der Waals surface area contributed by atoms with Crippen molar-refractivity contribution in [2.75, 3.05) is 12.9 Å². The van der Waals surface area contributed by atoms with E-state index in [1.165, 1.54) is 6.20 Å². The van der Waals surface area contributed by atoms with Crippen LogP contribution >= 0.6 is 23.4 Å². The molecule has 0 bridgehead atoms. The van der Waals surface area contributed by atoms with Crippen LogP contribution in [0.1, 0.15) is 17.3 Å². The molecule has 0 amide bonds. The highest BCUT2D eigenvalue weighted by Gasteiger charge is 2.15. The molecular weight excluding hydrogens is 270 g/mol. The lowest BCUT2D eigenvalue weighted by molar-refractivity contribution is 0.0526. The molecule has 2 rings (SSSR count). The van der Waals surface area contributed by atoms with Crippen molar-refractivity contribution in [3.63, 3.8) is 0 Å². The average Bonchev–Trinajstić information content (AvgIpc) is 2.39. The number of rotatable bonds is 3. The zero-order chi connectivity index (χ0) is 13.1. The molecule has 0 aliphatic rings. The third-order valence-corrected chi connectivity index (χ3v) is 3.69. The van der Waals surface area contributed by atoms with Gasteiger partial charge in [0.15, 0.2) is 0 Å². The van der Waals surface area contributed by atoms with Crippen molar-refractivity contribution in [2.24, 2.45) is 0 Å². The van der Waals surface area contributed by atoms with Gasteiger partial charge in [0.25, 0.3) is 0 Å². The summed E-state index contributed by atoms with van der Waals surface area (Å²) in [5.74, 6) is -0.438. The third kappa shape index (κ3) is 2.31. The predicted octanol–water partition coefficient (Wildman–Crippen LogP) is 3.79. The number of esters is 1. The maximum atomic E-state index is 11.7. The number of hydrogen-bond donors (Lipinski definition) is 0. The minimum absolute atomic E-state index is 0.310. The van der Waals surface area contributed by atoms with Crippen molar-refractivity contribution in [3.05, 3.63) is 35.0 Å². The summed E-state index contributed by atoms with van der Waals surface area (Å²) in [5, 5.41) is 1.17. The van der Waals surface area contributed by atoms with E-state index in [0.717, 1.165) is 15.8 Å². The lowest BCUT2D eigenvalue weighted by Crippen LogP contribution is -2.06. The van der Waals surface area contributed by atoms with Gasteiger partial charge < -0.3 is 4.74 Å². The Morgan fingerprint density at radius 1 is 1.50 bits per heavy atom. The first-order valence-electron chi connectivity index (χ1n) is 5.47. The van der Waals surface area contributed by atoms with Gasteiger partial charge in [0.05, 0.1) is 22.7 Å². The van der Waals surface area contributed by atoms with E-state index >= 15 is 0 Å². The lowest BCUT2D eigenvalue weighted by atomic mass is 10.1. The molecule has 94 valence electrons. The molecule has 0 fully saturated rings. The molecule has 0 atom stereocenters. The number of aromatic nitrogens is 1. The highest BCUT2D eigenvalue weighted by atomic mass is 35.5. The zero-order valence-electron chi connectivity index (χ0n) is 10.1. The Morgan fingerprint density at radius 3 is 2.94 bits per heavy atom. The van der Waals surface area contributed by atoms with Gasteiger partial charge in [0.1, 0.15) is 0 Å². The number of thioether (sulfide) groups is 1. The fourth-order valence-electron chi connectivity index (χ4n) is 1.68. The van der Waals surface area contributed by atoms with E-state index in [1.807, 2.05) is 24.5 Å². The van der Waals surface area contributed by atoms with E-state index in [4.69, 9.17) is 16.3 Å². The van der Waals surface area contributed by atoms with Gasteiger partial charge in [-0.25, -0.2) is 4.79 Å². The van der Waals surface area contributed by atoms with Crippen LogP contribution in [0.15, 0.2) is 29.3 Å². The number of ether oxygens (including phenoxy) is 1. The molecule has 2 aromatic rings. The molecule has 0 unspecified atom stereocenters. The topological polar surface area (TPSA) is 39.2 Å². The van der Waals surface area contributed by atoms with Crippen LogP contribution in [0.2, 0.25) is 5.02 Å². The molecule has 0 aliphatic carbocycles. The number of carbonyl (C=O) groups excluding carboxylic acids is 1. The van der Waals surface area contributed by atoms with Gasteiger partial charge in [-0.1, -0.05) is 23.7 Å². The van der Waals surface area contributed by atoms with Crippen LogP contribution in [0, 0.1) is 0 Å². The van der Waals surface area contributed by atoms with Crippen molar-refractivity contribution in [1.29, 1.82) is 0 Å². The number of para-hydroxylation sites is 1. The lowest BCUT2D eigenvalue weighted by Gasteiger charge is -2.08. The second-order valence-electron chi connectivity index (χ2n) is 3.56. The number of benzene rings is 1. The Hall–Kier alpha value is -1.26. The number of fused-ring (bicyclic) bond motifs is 1. The fourth-order valence-corrected chi connectivity index (χ4v) is 2.53. The van der Waals surface area contributed by atoms with Gasteiger partial charge in [0, 0.05) is 16.5 Å². The van der Waals surface area contributed by atoms with Crippen molar-refractivity contribution < 1.29 is 9.53 Å². The quantitative estimate of drug-likeness (QED) is 0.634. The normalized spacial score (nSPS) is 10.6. The Bertz CT molecular complexity index is 601. The van der Waals surface area contributed by atoms with Crippen LogP contribution in [0.3, 0.4) is 0 Å². The van der Waals surface area contributed by atoms with E-state index in [-0.39, 0.29) is 0 Å². The Morgan fingerprint density at radius 2 is 2.28 bits per heavy atom. The SMILES string of the molecule is CCOC(=O)c1cnc2c(SC)cccc2c1Cl. The molecule has 0 N–H and O–H groups in total. The Labute approximate surface area is 114 Å². The van der Waals surface area contributed by atoms with Gasteiger partial charge in [-0.05, 0) is 19.2 Å². The maximum Gasteiger partial charge on any atom is 0.341 e. The minimum Gasteiger partial charge on any atom is -0.462 e. The zero-order valence-corrected chi connectivity index (χ0v) is 11.6. The molecule has 0 saturated carbocycles. The van der Waals surface area contributed by atoms with Crippen LogP contribution in [0.25, 0.3) is 10.9 Å². The van der Waals surface area contributed by atoms with Gasteiger partial charge in [-0.15, -0.1) is 11.8 Å². The molecule has 0 spiro atoms. The van der Waals surface area contributed by atoms with E-state index in [1.54, 1.807) is 18.7 Å². The molecule has 1 aromatic carbocycles. The summed E-state index contributed by atoms with van der Waals surface area (Å²) in [6.07, 6.45) is 3.45. The average molecular weight is 282 g/mol. The second-order valence-corrected chi connectivity index (χ2v) is 4.79. The van der Waals surface area contributed by atoms with E-state index in [9.17, 15) is 4.79 Å². The van der Waals surface area contributed by atoms with Crippen LogP contribution in [0.5, 0.6) is 0 Å². The molecule has 0 aliphatic heterocycles. The monoisotopic (exact) mass is 281 g/mol. The number of nitrogens with zero attached hydrogens (tertiary/aromatic N) is 1. The van der Waals surface area contributed by atoms with Gasteiger partial charge in [-0.3, -0.25) is 4.98 Å². The maximum absolute atomic E-state index is 11.7. The summed E-state index contributed by atoms with van der Waals surface area (Å²) in [6.45, 7) is 2.07. The summed E-state index contributed by atoms with van der Waals surface area (Å²) in [7, 11) is 0. The first kappa shape index (κ1) is 13.2. The highest BCUT2D eigenvalue weighted by molar-refractivity contribution is 7.98. The van der Waals surface area contributed by atoms with Gasteiger partial charge in [0.2, 0.25) is 0 Å². The third-order valence-electron chi connectivity index (χ3n) is 2.51. The van der Waals surface area contributed by atoms with Crippen LogP contribution < -0.4 is 0 Å². The van der Waals surface area contributed by atoms with Gasteiger partial charge in [-0.2, -0.15) is 0 Å². The Balaban J connectivity index is 2.61. The fraction of sp³-hybridized carbons (Fsp3) is 0.231. The standard InChI is InChI=1S/C13H12ClNO2S/c1-3-17-13(16)9-7-15-12-8(11(9)14)5-4-6-10(12)18-2/h4-7H,3H2,1-2H3. The summed E-state index contributed by atoms with van der Waals surface area (Å²) in [6, 6.07) is 5.73. The largest absolute Gasteiger partial charge is 0.462 e. The molecular formula is C13H12ClNO2S. The molecule has 0 radical (unpaired) electrons. The summed E-state index contributed by atoms with van der Waals surface area (Å²) in [4.78, 5) is 17.1. The highest BCUT2D eigenvalue weighted by Crippen LogP contribution is 2.31. The van der Waals surface area contributed by atoms with E-state index in [0.29, 0.717) is 17.2 Å². The molecule has 5 heteroatoms. The summed E-state index contributed by atoms with van der Waals surface area (Å²) < 4.78 is 4.95.